The van der Waals surface area contributed by atoms with Gasteiger partial charge in [0.05, 0.1) is 18.1 Å². The summed E-state index contributed by atoms with van der Waals surface area (Å²) in [7, 11) is -3.52. The Bertz CT molecular complexity index is 982. The number of morpholine rings is 1. The van der Waals surface area contributed by atoms with Gasteiger partial charge in [-0.1, -0.05) is 23.7 Å². The van der Waals surface area contributed by atoms with E-state index in [1.165, 1.54) is 10.4 Å². The molecule has 3 rings (SSSR count). The first kappa shape index (κ1) is 20.5. The van der Waals surface area contributed by atoms with Gasteiger partial charge >= 0.3 is 0 Å². The fourth-order valence-electron chi connectivity index (χ4n) is 2.80. The Balaban J connectivity index is 1.65. The summed E-state index contributed by atoms with van der Waals surface area (Å²) < 4.78 is 31.8. The number of nitrogens with zero attached hydrogens (tertiary/aromatic N) is 1. The summed E-state index contributed by atoms with van der Waals surface area (Å²) in [5.41, 5.74) is 2.28. The first-order valence-corrected chi connectivity index (χ1v) is 10.6. The van der Waals surface area contributed by atoms with Crippen molar-refractivity contribution in [1.82, 2.24) is 4.31 Å². The second-order valence-corrected chi connectivity index (χ2v) is 8.74. The second-order valence-electron chi connectivity index (χ2n) is 6.37. The third-order valence-electron chi connectivity index (χ3n) is 4.36. The first-order valence-electron chi connectivity index (χ1n) is 8.79. The number of hydrogen-bond donors (Lipinski definition) is 1. The Labute approximate surface area is 169 Å². The highest BCUT2D eigenvalue weighted by atomic mass is 35.5. The molecule has 0 aliphatic carbocycles. The number of ether oxygens (including phenoxy) is 1. The van der Waals surface area contributed by atoms with Crippen molar-refractivity contribution in [3.05, 3.63) is 64.7 Å². The number of carbonyl (C=O) groups excluding carboxylic acids is 1. The van der Waals surface area contributed by atoms with Gasteiger partial charge in [-0.05, 0) is 54.5 Å². The third kappa shape index (κ3) is 4.99. The molecule has 1 fully saturated rings. The van der Waals surface area contributed by atoms with Crippen LogP contribution in [-0.2, 0) is 19.6 Å². The lowest BCUT2D eigenvalue weighted by atomic mass is 10.2. The topological polar surface area (TPSA) is 75.7 Å². The number of sulfonamides is 1. The Kier molecular flexibility index (Phi) is 6.51. The predicted octanol–water partition coefficient (Wildman–Crippen LogP) is 3.32. The summed E-state index contributed by atoms with van der Waals surface area (Å²) in [6.07, 6.45) is 3.03. The average molecular weight is 421 g/mol. The summed E-state index contributed by atoms with van der Waals surface area (Å²) in [5, 5.41) is 3.40. The molecule has 0 unspecified atom stereocenters. The molecule has 0 aromatic heterocycles. The monoisotopic (exact) mass is 420 g/mol. The number of halogens is 1. The number of carbonyl (C=O) groups is 1. The van der Waals surface area contributed by atoms with Crippen molar-refractivity contribution in [2.24, 2.45) is 0 Å². The molecule has 0 radical (unpaired) electrons. The molecular formula is C20H21ClN2O4S. The molecule has 1 amide bonds. The maximum atomic E-state index is 12.6. The van der Waals surface area contributed by atoms with Gasteiger partial charge in [-0.2, -0.15) is 4.31 Å². The largest absolute Gasteiger partial charge is 0.379 e. The smallest absolute Gasteiger partial charge is 0.248 e. The van der Waals surface area contributed by atoms with Crippen LogP contribution < -0.4 is 5.32 Å². The Morgan fingerprint density at radius 1 is 1.14 bits per heavy atom. The highest BCUT2D eigenvalue weighted by Gasteiger charge is 2.25. The summed E-state index contributed by atoms with van der Waals surface area (Å²) >= 11 is 5.91. The minimum absolute atomic E-state index is 0.229. The lowest BCUT2D eigenvalue weighted by Crippen LogP contribution is -2.40. The van der Waals surface area contributed by atoms with Gasteiger partial charge in [0, 0.05) is 29.9 Å². The van der Waals surface area contributed by atoms with Crippen LogP contribution in [0.1, 0.15) is 11.1 Å². The van der Waals surface area contributed by atoms with E-state index >= 15 is 0 Å². The molecule has 0 bridgehead atoms. The fraction of sp³-hybridized carbons (Fsp3) is 0.250. The molecule has 0 atom stereocenters. The summed E-state index contributed by atoms with van der Waals surface area (Å²) in [6, 6.07) is 11.7. The molecule has 148 valence electrons. The van der Waals surface area contributed by atoms with E-state index in [1.807, 2.05) is 6.92 Å². The van der Waals surface area contributed by atoms with Crippen LogP contribution in [0.5, 0.6) is 0 Å². The van der Waals surface area contributed by atoms with Crippen molar-refractivity contribution in [2.45, 2.75) is 11.8 Å². The molecule has 1 N–H and O–H groups in total. The normalized spacial score (nSPS) is 15.6. The molecule has 28 heavy (non-hydrogen) atoms. The van der Waals surface area contributed by atoms with Crippen LogP contribution >= 0.6 is 11.6 Å². The molecule has 1 heterocycles. The molecule has 2 aromatic carbocycles. The molecular weight excluding hydrogens is 400 g/mol. The van der Waals surface area contributed by atoms with E-state index in [9.17, 15) is 13.2 Å². The van der Waals surface area contributed by atoms with E-state index in [4.69, 9.17) is 16.3 Å². The van der Waals surface area contributed by atoms with Gasteiger partial charge in [-0.25, -0.2) is 8.42 Å². The summed E-state index contributed by atoms with van der Waals surface area (Å²) in [4.78, 5) is 12.3. The molecule has 1 aliphatic rings. The van der Waals surface area contributed by atoms with Gasteiger partial charge in [0.1, 0.15) is 0 Å². The maximum Gasteiger partial charge on any atom is 0.248 e. The van der Waals surface area contributed by atoms with E-state index in [-0.39, 0.29) is 10.8 Å². The molecule has 1 aliphatic heterocycles. The average Bonchev–Trinajstić information content (AvgIpc) is 2.69. The van der Waals surface area contributed by atoms with Crippen LogP contribution in [0.2, 0.25) is 5.02 Å². The van der Waals surface area contributed by atoms with E-state index in [1.54, 1.807) is 48.5 Å². The lowest BCUT2D eigenvalue weighted by molar-refractivity contribution is -0.111. The van der Waals surface area contributed by atoms with Gasteiger partial charge < -0.3 is 10.1 Å². The van der Waals surface area contributed by atoms with Crippen molar-refractivity contribution in [3.63, 3.8) is 0 Å². The zero-order valence-corrected chi connectivity index (χ0v) is 17.0. The van der Waals surface area contributed by atoms with Crippen molar-refractivity contribution in [3.8, 4) is 0 Å². The van der Waals surface area contributed by atoms with Crippen LogP contribution in [0, 0.1) is 6.92 Å². The maximum absolute atomic E-state index is 12.6. The van der Waals surface area contributed by atoms with Crippen LogP contribution in [0.25, 0.3) is 6.08 Å². The summed E-state index contributed by atoms with van der Waals surface area (Å²) in [6.45, 7) is 3.38. The molecule has 1 saturated heterocycles. The van der Waals surface area contributed by atoms with Gasteiger partial charge in [0.15, 0.2) is 0 Å². The highest BCUT2D eigenvalue weighted by Crippen LogP contribution is 2.20. The number of hydrogen-bond acceptors (Lipinski definition) is 4. The predicted molar refractivity (Wildman–Crippen MR) is 110 cm³/mol. The molecule has 2 aromatic rings. The number of aryl methyl sites for hydroxylation is 1. The highest BCUT2D eigenvalue weighted by molar-refractivity contribution is 7.89. The van der Waals surface area contributed by atoms with Gasteiger partial charge in [-0.15, -0.1) is 0 Å². The molecule has 0 spiro atoms. The number of benzene rings is 2. The number of anilines is 1. The zero-order valence-electron chi connectivity index (χ0n) is 15.4. The standard InChI is InChI=1S/C20H21ClN2O4S/c1-15-14-17(21)5-8-19(15)22-20(24)9-4-16-2-6-18(7-3-16)28(25,26)23-10-12-27-13-11-23/h2-9,14H,10-13H2,1H3,(H,22,24)/b9-4+. The third-order valence-corrected chi connectivity index (χ3v) is 6.51. The SMILES string of the molecule is Cc1cc(Cl)ccc1NC(=O)/C=C/c1ccc(S(=O)(=O)N2CCOCC2)cc1. The summed E-state index contributed by atoms with van der Waals surface area (Å²) in [5.74, 6) is -0.282. The van der Waals surface area contributed by atoms with Crippen LogP contribution in [0.4, 0.5) is 5.69 Å². The first-order chi connectivity index (χ1) is 13.4. The van der Waals surface area contributed by atoms with Gasteiger partial charge in [0.2, 0.25) is 15.9 Å². The Morgan fingerprint density at radius 2 is 1.82 bits per heavy atom. The van der Waals surface area contributed by atoms with Crippen LogP contribution in [-0.4, -0.2) is 44.9 Å². The number of nitrogens with one attached hydrogen (secondary N) is 1. The van der Waals surface area contributed by atoms with Crippen molar-refractivity contribution in [1.29, 1.82) is 0 Å². The van der Waals surface area contributed by atoms with Crippen molar-refractivity contribution < 1.29 is 17.9 Å². The van der Waals surface area contributed by atoms with Gasteiger partial charge in [0.25, 0.3) is 0 Å². The minimum atomic E-state index is -3.52. The van der Waals surface area contributed by atoms with Crippen molar-refractivity contribution >= 4 is 39.3 Å². The van der Waals surface area contributed by atoms with E-state index in [0.29, 0.717) is 37.0 Å². The van der Waals surface area contributed by atoms with E-state index < -0.39 is 10.0 Å². The van der Waals surface area contributed by atoms with Gasteiger partial charge in [-0.3, -0.25) is 4.79 Å². The Hall–Kier alpha value is -2.19. The second kappa shape index (κ2) is 8.87. The molecule has 0 saturated carbocycles. The zero-order chi connectivity index (χ0) is 20.1. The van der Waals surface area contributed by atoms with Crippen LogP contribution in [0.15, 0.2) is 53.4 Å². The number of amides is 1. The van der Waals surface area contributed by atoms with E-state index in [0.717, 1.165) is 11.1 Å². The Morgan fingerprint density at radius 3 is 2.46 bits per heavy atom. The minimum Gasteiger partial charge on any atom is -0.379 e. The van der Waals surface area contributed by atoms with Crippen LogP contribution in [0.3, 0.4) is 0 Å². The lowest BCUT2D eigenvalue weighted by Gasteiger charge is -2.26. The fourth-order valence-corrected chi connectivity index (χ4v) is 4.44. The quantitative estimate of drug-likeness (QED) is 0.753. The van der Waals surface area contributed by atoms with E-state index in [2.05, 4.69) is 5.32 Å². The molecule has 6 nitrogen and oxygen atoms in total. The van der Waals surface area contributed by atoms with Crippen molar-refractivity contribution in [2.75, 3.05) is 31.6 Å². The molecule has 8 heteroatoms. The number of rotatable bonds is 5.